The van der Waals surface area contributed by atoms with E-state index in [1.54, 1.807) is 4.90 Å². The van der Waals surface area contributed by atoms with Gasteiger partial charge in [-0.25, -0.2) is 4.79 Å². The van der Waals surface area contributed by atoms with Gasteiger partial charge in [-0.2, -0.15) is 0 Å². The minimum Gasteiger partial charge on any atom is -0.455 e. The SMILES string of the molecule is Cc1ccc(NC(=O)NCC2CCCN(C(=O)c3oc4c(c3C)C(=O)CC(C)(C)C4)C2)cc1. The fourth-order valence-electron chi connectivity index (χ4n) is 4.90. The van der Waals surface area contributed by atoms with Crippen LogP contribution in [-0.4, -0.2) is 42.3 Å². The summed E-state index contributed by atoms with van der Waals surface area (Å²) in [5, 5.41) is 5.76. The molecule has 0 bridgehead atoms. The lowest BCUT2D eigenvalue weighted by molar-refractivity contribution is 0.0637. The number of nitrogens with zero attached hydrogens (tertiary/aromatic N) is 1. The number of Topliss-reactive ketones (excluding diaryl/α,β-unsaturated/α-hetero) is 1. The molecule has 1 aliphatic heterocycles. The molecule has 33 heavy (non-hydrogen) atoms. The molecule has 3 amide bonds. The van der Waals surface area contributed by atoms with Gasteiger partial charge in [0.25, 0.3) is 5.91 Å². The van der Waals surface area contributed by atoms with Crippen molar-refractivity contribution in [3.8, 4) is 0 Å². The predicted octanol–water partition coefficient (Wildman–Crippen LogP) is 4.73. The van der Waals surface area contributed by atoms with Crippen molar-refractivity contribution in [2.24, 2.45) is 11.3 Å². The molecular formula is C26H33N3O4. The molecule has 176 valence electrons. The summed E-state index contributed by atoms with van der Waals surface area (Å²) in [6, 6.07) is 7.38. The maximum atomic E-state index is 13.3. The second kappa shape index (κ2) is 9.04. The molecule has 2 aliphatic rings. The van der Waals surface area contributed by atoms with Gasteiger partial charge in [0, 0.05) is 43.7 Å². The van der Waals surface area contributed by atoms with Gasteiger partial charge in [-0.3, -0.25) is 9.59 Å². The molecule has 7 nitrogen and oxygen atoms in total. The number of urea groups is 1. The lowest BCUT2D eigenvalue weighted by Gasteiger charge is -2.32. The van der Waals surface area contributed by atoms with Crippen LogP contribution in [-0.2, 0) is 6.42 Å². The number of carbonyl (C=O) groups is 3. The summed E-state index contributed by atoms with van der Waals surface area (Å²) < 4.78 is 5.97. The van der Waals surface area contributed by atoms with E-state index < -0.39 is 0 Å². The molecule has 1 atom stereocenters. The van der Waals surface area contributed by atoms with Crippen molar-refractivity contribution in [1.29, 1.82) is 0 Å². The first kappa shape index (κ1) is 23.1. The molecule has 1 aromatic carbocycles. The third-order valence-electron chi connectivity index (χ3n) is 6.64. The van der Waals surface area contributed by atoms with Crippen LogP contribution in [0, 0.1) is 25.2 Å². The molecule has 1 aromatic heterocycles. The Bertz CT molecular complexity index is 1070. The van der Waals surface area contributed by atoms with Gasteiger partial charge < -0.3 is 20.0 Å². The number of anilines is 1. The number of rotatable bonds is 4. The van der Waals surface area contributed by atoms with E-state index in [0.29, 0.717) is 49.4 Å². The molecule has 0 saturated carbocycles. The summed E-state index contributed by atoms with van der Waals surface area (Å²) in [7, 11) is 0. The van der Waals surface area contributed by atoms with Crippen LogP contribution < -0.4 is 10.6 Å². The summed E-state index contributed by atoms with van der Waals surface area (Å²) in [6.45, 7) is 9.59. The number of amides is 3. The van der Waals surface area contributed by atoms with Crippen LogP contribution in [0.4, 0.5) is 10.5 Å². The maximum absolute atomic E-state index is 13.3. The van der Waals surface area contributed by atoms with E-state index in [1.165, 1.54) is 0 Å². The van der Waals surface area contributed by atoms with Gasteiger partial charge in [0.2, 0.25) is 0 Å². The highest BCUT2D eigenvalue weighted by atomic mass is 16.4. The van der Waals surface area contributed by atoms with Gasteiger partial charge in [0.1, 0.15) is 5.76 Å². The minimum absolute atomic E-state index is 0.0573. The van der Waals surface area contributed by atoms with Gasteiger partial charge in [-0.15, -0.1) is 0 Å². The molecule has 1 fully saturated rings. The Hall–Kier alpha value is -3.09. The number of aryl methyl sites for hydroxylation is 1. The highest BCUT2D eigenvalue weighted by Gasteiger charge is 2.38. The third-order valence-corrected chi connectivity index (χ3v) is 6.64. The zero-order valence-corrected chi connectivity index (χ0v) is 19.9. The Morgan fingerprint density at radius 2 is 1.88 bits per heavy atom. The summed E-state index contributed by atoms with van der Waals surface area (Å²) in [5.74, 6) is 0.983. The average molecular weight is 452 g/mol. The van der Waals surface area contributed by atoms with Crippen molar-refractivity contribution >= 4 is 23.4 Å². The van der Waals surface area contributed by atoms with Crippen molar-refractivity contribution in [2.45, 2.75) is 53.4 Å². The topological polar surface area (TPSA) is 91.7 Å². The third kappa shape index (κ3) is 5.13. The Kier molecular flexibility index (Phi) is 6.32. The molecule has 2 N–H and O–H groups in total. The van der Waals surface area contributed by atoms with Crippen molar-refractivity contribution in [1.82, 2.24) is 10.2 Å². The minimum atomic E-state index is -0.252. The number of fused-ring (bicyclic) bond motifs is 1. The van der Waals surface area contributed by atoms with Crippen molar-refractivity contribution in [2.75, 3.05) is 25.0 Å². The molecule has 1 aliphatic carbocycles. The number of hydrogen-bond acceptors (Lipinski definition) is 4. The number of ketones is 1. The number of carbonyl (C=O) groups excluding carboxylic acids is 3. The van der Waals surface area contributed by atoms with Crippen LogP contribution in [0.25, 0.3) is 0 Å². The number of furan rings is 1. The van der Waals surface area contributed by atoms with Gasteiger partial charge >= 0.3 is 6.03 Å². The lowest BCUT2D eigenvalue weighted by Crippen LogP contribution is -2.44. The molecule has 4 rings (SSSR count). The normalized spacial score (nSPS) is 19.7. The number of piperidine rings is 1. The standard InChI is InChI=1S/C26H33N3O4/c1-16-7-9-19(10-8-16)28-25(32)27-14-18-6-5-11-29(15-18)24(31)23-17(2)22-20(30)12-26(3,4)13-21(22)33-23/h7-10,18H,5-6,11-15H2,1-4H3,(H2,27,28,32). The summed E-state index contributed by atoms with van der Waals surface area (Å²) in [5.41, 5.74) is 2.98. The van der Waals surface area contributed by atoms with Crippen molar-refractivity contribution in [3.63, 3.8) is 0 Å². The van der Waals surface area contributed by atoms with Crippen LogP contribution in [0.1, 0.15) is 70.9 Å². The van der Waals surface area contributed by atoms with Crippen LogP contribution in [0.15, 0.2) is 28.7 Å². The fraction of sp³-hybridized carbons (Fsp3) is 0.500. The van der Waals surface area contributed by atoms with E-state index in [2.05, 4.69) is 10.6 Å². The Labute approximate surface area is 194 Å². The summed E-state index contributed by atoms with van der Waals surface area (Å²) in [4.78, 5) is 40.0. The molecule has 0 spiro atoms. The highest BCUT2D eigenvalue weighted by Crippen LogP contribution is 2.38. The van der Waals surface area contributed by atoms with Crippen LogP contribution in [0.5, 0.6) is 0 Å². The first-order chi connectivity index (χ1) is 15.6. The van der Waals surface area contributed by atoms with Crippen molar-refractivity contribution in [3.05, 3.63) is 52.5 Å². The largest absolute Gasteiger partial charge is 0.455 e. The number of benzene rings is 1. The Balaban J connectivity index is 1.37. The lowest BCUT2D eigenvalue weighted by atomic mass is 9.76. The van der Waals surface area contributed by atoms with E-state index in [4.69, 9.17) is 4.42 Å². The van der Waals surface area contributed by atoms with E-state index in [0.717, 1.165) is 24.1 Å². The van der Waals surface area contributed by atoms with E-state index >= 15 is 0 Å². The monoisotopic (exact) mass is 451 g/mol. The first-order valence-corrected chi connectivity index (χ1v) is 11.7. The van der Waals surface area contributed by atoms with Gasteiger partial charge in [0.15, 0.2) is 11.5 Å². The highest BCUT2D eigenvalue weighted by molar-refractivity contribution is 6.03. The number of hydrogen-bond donors (Lipinski definition) is 2. The molecule has 1 saturated heterocycles. The van der Waals surface area contributed by atoms with Crippen LogP contribution >= 0.6 is 0 Å². The zero-order chi connectivity index (χ0) is 23.8. The summed E-state index contributed by atoms with van der Waals surface area (Å²) in [6.07, 6.45) is 2.93. The molecule has 2 aromatic rings. The Morgan fingerprint density at radius 1 is 1.15 bits per heavy atom. The first-order valence-electron chi connectivity index (χ1n) is 11.7. The van der Waals surface area contributed by atoms with E-state index in [1.807, 2.05) is 52.0 Å². The molecule has 7 heteroatoms. The van der Waals surface area contributed by atoms with E-state index in [9.17, 15) is 14.4 Å². The smallest absolute Gasteiger partial charge is 0.319 e. The fourth-order valence-corrected chi connectivity index (χ4v) is 4.90. The second-order valence-electron chi connectivity index (χ2n) is 10.3. The predicted molar refractivity (Wildman–Crippen MR) is 127 cm³/mol. The maximum Gasteiger partial charge on any atom is 0.319 e. The van der Waals surface area contributed by atoms with Crippen LogP contribution in [0.3, 0.4) is 0 Å². The van der Waals surface area contributed by atoms with Gasteiger partial charge in [0.05, 0.1) is 5.56 Å². The average Bonchev–Trinajstić information content (AvgIpc) is 3.08. The number of likely N-dealkylation sites (tertiary alicyclic amines) is 1. The second-order valence-corrected chi connectivity index (χ2v) is 10.3. The van der Waals surface area contributed by atoms with Gasteiger partial charge in [-0.1, -0.05) is 31.5 Å². The zero-order valence-electron chi connectivity index (χ0n) is 19.9. The molecule has 0 radical (unpaired) electrons. The number of nitrogens with one attached hydrogen (secondary N) is 2. The molecule has 1 unspecified atom stereocenters. The summed E-state index contributed by atoms with van der Waals surface area (Å²) >= 11 is 0. The van der Waals surface area contributed by atoms with Crippen molar-refractivity contribution < 1.29 is 18.8 Å². The van der Waals surface area contributed by atoms with E-state index in [-0.39, 0.29) is 34.8 Å². The Morgan fingerprint density at radius 3 is 2.61 bits per heavy atom. The molecule has 2 heterocycles. The molecular weight excluding hydrogens is 418 g/mol. The van der Waals surface area contributed by atoms with Gasteiger partial charge in [-0.05, 0) is 50.2 Å². The van der Waals surface area contributed by atoms with Crippen LogP contribution in [0.2, 0.25) is 0 Å². The quantitative estimate of drug-likeness (QED) is 0.703.